The first-order valence-corrected chi connectivity index (χ1v) is 13.1. The fourth-order valence-electron chi connectivity index (χ4n) is 5.16. The highest BCUT2D eigenvalue weighted by atomic mass is 16.5. The minimum Gasteiger partial charge on any atom is -0.496 e. The third-order valence-corrected chi connectivity index (χ3v) is 7.79. The van der Waals surface area contributed by atoms with Crippen LogP contribution in [0.4, 0.5) is 0 Å². The summed E-state index contributed by atoms with van der Waals surface area (Å²) < 4.78 is 12.0. The van der Waals surface area contributed by atoms with Crippen molar-refractivity contribution in [1.82, 2.24) is 0 Å². The summed E-state index contributed by atoms with van der Waals surface area (Å²) in [6.07, 6.45) is 11.5. The molecular weight excluding hydrogens is 396 g/mol. The van der Waals surface area contributed by atoms with E-state index in [4.69, 9.17) is 9.47 Å². The third-order valence-electron chi connectivity index (χ3n) is 7.79. The average molecular weight is 447 g/mol. The summed E-state index contributed by atoms with van der Waals surface area (Å²) in [7, 11) is 1.70. The standard InChI is InChI=1S/C29H50O3/c1-20(2)12-9-13-21(3)14-10-15-22(4)16-11-17-29(7)27(30)19-25-18-26(31-8)23(5)24(6)28(25)32-29/h18,20-22,27,30H,9-17,19H2,1-8H3/t21-,22-,27-,29+/m0/s1. The van der Waals surface area contributed by atoms with Gasteiger partial charge in [0.15, 0.2) is 0 Å². The molecule has 1 aliphatic rings. The molecule has 1 aromatic carbocycles. The molecule has 0 spiro atoms. The van der Waals surface area contributed by atoms with Crippen molar-refractivity contribution in [3.05, 3.63) is 22.8 Å². The molecule has 0 aromatic heterocycles. The number of hydrogen-bond acceptors (Lipinski definition) is 3. The van der Waals surface area contributed by atoms with Crippen LogP contribution in [0, 0.1) is 31.6 Å². The number of ether oxygens (including phenoxy) is 2. The van der Waals surface area contributed by atoms with Gasteiger partial charge in [-0.05, 0) is 68.6 Å². The number of aliphatic hydroxyl groups is 1. The number of aliphatic hydroxyl groups excluding tert-OH is 1. The summed E-state index contributed by atoms with van der Waals surface area (Å²) in [6.45, 7) is 15.7. The van der Waals surface area contributed by atoms with Crippen LogP contribution in [0.2, 0.25) is 0 Å². The van der Waals surface area contributed by atoms with E-state index in [0.717, 1.165) is 58.8 Å². The molecule has 32 heavy (non-hydrogen) atoms. The lowest BCUT2D eigenvalue weighted by molar-refractivity contribution is -0.0615. The Bertz CT molecular complexity index is 711. The van der Waals surface area contributed by atoms with Gasteiger partial charge in [-0.15, -0.1) is 0 Å². The van der Waals surface area contributed by atoms with E-state index in [1.54, 1.807) is 7.11 Å². The normalized spacial score (nSPS) is 22.4. The second kappa shape index (κ2) is 12.3. The molecule has 0 radical (unpaired) electrons. The second-order valence-corrected chi connectivity index (χ2v) is 11.3. The van der Waals surface area contributed by atoms with E-state index in [2.05, 4.69) is 48.5 Å². The average Bonchev–Trinajstić information content (AvgIpc) is 2.72. The molecule has 1 aromatic rings. The molecule has 2 rings (SSSR count). The molecule has 0 bridgehead atoms. The van der Waals surface area contributed by atoms with Gasteiger partial charge in [0.1, 0.15) is 17.1 Å². The topological polar surface area (TPSA) is 38.7 Å². The van der Waals surface area contributed by atoms with Crippen LogP contribution in [0.1, 0.15) is 109 Å². The van der Waals surface area contributed by atoms with Gasteiger partial charge in [0.05, 0.1) is 13.2 Å². The molecule has 3 nitrogen and oxygen atoms in total. The molecule has 0 saturated heterocycles. The monoisotopic (exact) mass is 446 g/mol. The van der Waals surface area contributed by atoms with E-state index in [1.807, 2.05) is 6.07 Å². The Kier molecular flexibility index (Phi) is 10.4. The second-order valence-electron chi connectivity index (χ2n) is 11.3. The van der Waals surface area contributed by atoms with Crippen LogP contribution in [0.3, 0.4) is 0 Å². The Hall–Kier alpha value is -1.22. The quantitative estimate of drug-likeness (QED) is 0.336. The van der Waals surface area contributed by atoms with Crippen molar-refractivity contribution in [2.75, 3.05) is 7.11 Å². The SMILES string of the molecule is COc1cc2c(c(C)c1C)O[C@](C)(CCC[C@@H](C)CCC[C@@H](C)CCCC(C)C)[C@@H](O)C2. The van der Waals surface area contributed by atoms with Crippen molar-refractivity contribution < 1.29 is 14.6 Å². The molecule has 0 fully saturated rings. The minimum atomic E-state index is -0.510. The molecule has 0 amide bonds. The predicted octanol–water partition coefficient (Wildman–Crippen LogP) is 7.81. The smallest absolute Gasteiger partial charge is 0.132 e. The van der Waals surface area contributed by atoms with Crippen LogP contribution in [-0.2, 0) is 6.42 Å². The molecule has 1 aliphatic heterocycles. The van der Waals surface area contributed by atoms with E-state index in [-0.39, 0.29) is 0 Å². The highest BCUT2D eigenvalue weighted by Crippen LogP contribution is 2.42. The Morgan fingerprint density at radius 1 is 0.969 bits per heavy atom. The summed E-state index contributed by atoms with van der Waals surface area (Å²) in [5.41, 5.74) is 2.81. The molecule has 0 unspecified atom stereocenters. The largest absolute Gasteiger partial charge is 0.496 e. The Labute approximate surface area is 198 Å². The Morgan fingerprint density at radius 2 is 1.53 bits per heavy atom. The zero-order chi connectivity index (χ0) is 23.9. The van der Waals surface area contributed by atoms with E-state index >= 15 is 0 Å². The number of fused-ring (bicyclic) bond motifs is 1. The molecule has 1 N–H and O–H groups in total. The number of rotatable bonds is 13. The minimum absolute atomic E-state index is 0.483. The van der Waals surface area contributed by atoms with Crippen LogP contribution in [0.15, 0.2) is 6.07 Å². The van der Waals surface area contributed by atoms with Gasteiger partial charge in [-0.25, -0.2) is 0 Å². The van der Waals surface area contributed by atoms with Gasteiger partial charge in [-0.3, -0.25) is 0 Å². The van der Waals surface area contributed by atoms with Gasteiger partial charge in [0, 0.05) is 12.0 Å². The van der Waals surface area contributed by atoms with Crippen LogP contribution >= 0.6 is 0 Å². The first-order valence-electron chi connectivity index (χ1n) is 13.1. The first-order chi connectivity index (χ1) is 15.1. The van der Waals surface area contributed by atoms with Crippen molar-refractivity contribution >= 4 is 0 Å². The third kappa shape index (κ3) is 7.40. The molecule has 0 aliphatic carbocycles. The fourth-order valence-corrected chi connectivity index (χ4v) is 5.16. The zero-order valence-corrected chi connectivity index (χ0v) is 22.2. The van der Waals surface area contributed by atoms with Crippen molar-refractivity contribution in [1.29, 1.82) is 0 Å². The lowest BCUT2D eigenvalue weighted by Gasteiger charge is -2.41. The molecule has 4 atom stereocenters. The van der Waals surface area contributed by atoms with Gasteiger partial charge >= 0.3 is 0 Å². The summed E-state index contributed by atoms with van der Waals surface area (Å²) in [5, 5.41) is 10.9. The van der Waals surface area contributed by atoms with Crippen LogP contribution in [0.5, 0.6) is 11.5 Å². The highest BCUT2D eigenvalue weighted by molar-refractivity contribution is 5.54. The van der Waals surface area contributed by atoms with E-state index in [1.165, 1.54) is 44.9 Å². The first kappa shape index (κ1) is 27.0. The van der Waals surface area contributed by atoms with Crippen molar-refractivity contribution in [2.24, 2.45) is 17.8 Å². The van der Waals surface area contributed by atoms with E-state index < -0.39 is 11.7 Å². The zero-order valence-electron chi connectivity index (χ0n) is 22.2. The van der Waals surface area contributed by atoms with Crippen molar-refractivity contribution in [3.8, 4) is 11.5 Å². The maximum Gasteiger partial charge on any atom is 0.132 e. The van der Waals surface area contributed by atoms with Gasteiger partial charge in [0.2, 0.25) is 0 Å². The number of methoxy groups -OCH3 is 1. The summed E-state index contributed by atoms with van der Waals surface area (Å²) in [4.78, 5) is 0. The van der Waals surface area contributed by atoms with Crippen molar-refractivity contribution in [2.45, 2.75) is 124 Å². The molecule has 1 heterocycles. The lowest BCUT2D eigenvalue weighted by atomic mass is 9.83. The van der Waals surface area contributed by atoms with E-state index in [9.17, 15) is 5.11 Å². The Morgan fingerprint density at radius 3 is 2.09 bits per heavy atom. The number of benzene rings is 1. The fraction of sp³-hybridized carbons (Fsp3) is 0.793. The molecule has 184 valence electrons. The molecule has 0 saturated carbocycles. The van der Waals surface area contributed by atoms with Gasteiger partial charge in [0.25, 0.3) is 0 Å². The van der Waals surface area contributed by atoms with E-state index in [0.29, 0.717) is 6.42 Å². The number of hydrogen-bond donors (Lipinski definition) is 1. The molecule has 3 heteroatoms. The lowest BCUT2D eigenvalue weighted by Crippen LogP contribution is -2.49. The van der Waals surface area contributed by atoms with Crippen LogP contribution in [-0.4, -0.2) is 23.9 Å². The van der Waals surface area contributed by atoms with Gasteiger partial charge in [-0.1, -0.05) is 72.6 Å². The van der Waals surface area contributed by atoms with Crippen LogP contribution < -0.4 is 9.47 Å². The van der Waals surface area contributed by atoms with Crippen molar-refractivity contribution in [3.63, 3.8) is 0 Å². The highest BCUT2D eigenvalue weighted by Gasteiger charge is 2.40. The van der Waals surface area contributed by atoms with Crippen LogP contribution in [0.25, 0.3) is 0 Å². The molecular formula is C29H50O3. The maximum atomic E-state index is 10.9. The maximum absolute atomic E-state index is 10.9. The van der Waals surface area contributed by atoms with Gasteiger partial charge < -0.3 is 14.6 Å². The summed E-state index contributed by atoms with van der Waals surface area (Å²) in [6, 6.07) is 2.03. The Balaban J connectivity index is 1.78. The predicted molar refractivity (Wildman–Crippen MR) is 136 cm³/mol. The summed E-state index contributed by atoms with van der Waals surface area (Å²) in [5.74, 6) is 4.26. The summed E-state index contributed by atoms with van der Waals surface area (Å²) >= 11 is 0. The van der Waals surface area contributed by atoms with Gasteiger partial charge in [-0.2, -0.15) is 0 Å².